The molecule has 4 nitrogen and oxygen atoms in total. The van der Waals surface area contributed by atoms with Crippen molar-refractivity contribution in [2.75, 3.05) is 0 Å². The van der Waals surface area contributed by atoms with Crippen molar-refractivity contribution in [2.24, 2.45) is 0 Å². The standard InChI is InChI=1S/C17H23FN2O2S/c1-11(20-23(21)16(2,3)4)14-9-13(18)8-12-10-17(5,6-7-19)22-15(12)14/h8-9,11,20H,6,10H2,1-5H3/t11?,17-,23?/m1/s1. The molecule has 0 aliphatic carbocycles. The first-order valence-corrected chi connectivity index (χ1v) is 8.77. The third kappa shape index (κ3) is 3.97. The highest BCUT2D eigenvalue weighted by molar-refractivity contribution is 7.90. The van der Waals surface area contributed by atoms with Crippen LogP contribution in [0.4, 0.5) is 4.39 Å². The lowest BCUT2D eigenvalue weighted by molar-refractivity contribution is 0.120. The van der Waals surface area contributed by atoms with Gasteiger partial charge in [0.05, 0.1) is 18.5 Å². The molecule has 1 aliphatic rings. The number of halogens is 1. The van der Waals surface area contributed by atoms with Crippen LogP contribution in [0.3, 0.4) is 0 Å². The number of benzene rings is 1. The van der Waals surface area contributed by atoms with Crippen molar-refractivity contribution in [1.29, 1.82) is 5.26 Å². The Kier molecular flexibility index (Phi) is 4.95. The Morgan fingerprint density at radius 3 is 2.74 bits per heavy atom. The summed E-state index contributed by atoms with van der Waals surface area (Å²) in [5.41, 5.74) is 0.759. The monoisotopic (exact) mass is 338 g/mol. The second-order valence-corrected chi connectivity index (χ2v) is 9.27. The fourth-order valence-corrected chi connectivity index (χ4v) is 3.40. The summed E-state index contributed by atoms with van der Waals surface area (Å²) >= 11 is -1.27. The summed E-state index contributed by atoms with van der Waals surface area (Å²) in [6.07, 6.45) is 0.730. The Morgan fingerprint density at radius 2 is 2.17 bits per heavy atom. The van der Waals surface area contributed by atoms with Crippen LogP contribution in [0.25, 0.3) is 0 Å². The molecule has 1 aliphatic heterocycles. The Bertz CT molecular complexity index is 639. The molecule has 1 N–H and O–H groups in total. The van der Waals surface area contributed by atoms with E-state index >= 15 is 0 Å². The largest absolute Gasteiger partial charge is 0.598 e. The molecule has 2 rings (SSSR count). The van der Waals surface area contributed by atoms with Gasteiger partial charge in [0.2, 0.25) is 0 Å². The number of hydrogen-bond acceptors (Lipinski definition) is 4. The van der Waals surface area contributed by atoms with Gasteiger partial charge in [0.25, 0.3) is 0 Å². The number of hydrogen-bond donors (Lipinski definition) is 1. The first-order chi connectivity index (χ1) is 10.6. The molecular formula is C17H23FN2O2S. The number of nitriles is 1. The van der Waals surface area contributed by atoms with E-state index in [0.29, 0.717) is 17.7 Å². The summed E-state index contributed by atoms with van der Waals surface area (Å²) in [6, 6.07) is 4.65. The van der Waals surface area contributed by atoms with Crippen molar-refractivity contribution in [3.05, 3.63) is 29.1 Å². The Hall–Kier alpha value is -1.29. The van der Waals surface area contributed by atoms with Crippen LogP contribution < -0.4 is 9.46 Å². The Morgan fingerprint density at radius 1 is 1.52 bits per heavy atom. The molecule has 126 valence electrons. The highest BCUT2D eigenvalue weighted by Crippen LogP contribution is 2.42. The van der Waals surface area contributed by atoms with Gasteiger partial charge in [-0.3, -0.25) is 0 Å². The number of nitrogens with zero attached hydrogens (tertiary/aromatic N) is 1. The molecule has 0 amide bonds. The normalized spacial score (nSPS) is 22.9. The van der Waals surface area contributed by atoms with Crippen molar-refractivity contribution in [1.82, 2.24) is 4.72 Å². The number of ether oxygens (including phenoxy) is 1. The summed E-state index contributed by atoms with van der Waals surface area (Å²) < 4.78 is 34.8. The zero-order valence-electron chi connectivity index (χ0n) is 14.2. The lowest BCUT2D eigenvalue weighted by Crippen LogP contribution is -2.40. The molecule has 0 bridgehead atoms. The summed E-state index contributed by atoms with van der Waals surface area (Å²) in [5, 5.41) is 8.96. The van der Waals surface area contributed by atoms with Gasteiger partial charge in [-0.25, -0.2) is 4.39 Å². The first-order valence-electron chi connectivity index (χ1n) is 7.62. The van der Waals surface area contributed by atoms with Gasteiger partial charge < -0.3 is 9.29 Å². The molecule has 0 spiro atoms. The average Bonchev–Trinajstić information content (AvgIpc) is 2.72. The minimum atomic E-state index is -1.27. The van der Waals surface area contributed by atoms with Crippen LogP contribution in [0.15, 0.2) is 12.1 Å². The molecule has 0 aromatic heterocycles. The average molecular weight is 338 g/mol. The maximum atomic E-state index is 14.0. The topological polar surface area (TPSA) is 68.1 Å². The van der Waals surface area contributed by atoms with E-state index < -0.39 is 21.7 Å². The first kappa shape index (κ1) is 18.1. The molecule has 0 saturated heterocycles. The van der Waals surface area contributed by atoms with Crippen molar-refractivity contribution in [3.63, 3.8) is 0 Å². The lowest BCUT2D eigenvalue weighted by atomic mass is 9.95. The third-order valence-electron chi connectivity index (χ3n) is 3.83. The molecule has 3 atom stereocenters. The molecule has 2 unspecified atom stereocenters. The smallest absolute Gasteiger partial charge is 0.136 e. The van der Waals surface area contributed by atoms with Gasteiger partial charge in [-0.15, -0.1) is 4.72 Å². The maximum absolute atomic E-state index is 14.0. The highest BCUT2D eigenvalue weighted by atomic mass is 32.2. The molecular weight excluding hydrogens is 315 g/mol. The molecule has 1 aromatic carbocycles. The zero-order chi connectivity index (χ0) is 17.4. The van der Waals surface area contributed by atoms with Crippen LogP contribution in [0, 0.1) is 17.1 Å². The van der Waals surface area contributed by atoms with E-state index in [0.717, 1.165) is 5.56 Å². The Balaban J connectivity index is 2.31. The molecule has 1 aromatic rings. The molecule has 6 heteroatoms. The zero-order valence-corrected chi connectivity index (χ0v) is 15.0. The second-order valence-electron chi connectivity index (χ2n) is 7.27. The fraction of sp³-hybridized carbons (Fsp3) is 0.588. The summed E-state index contributed by atoms with van der Waals surface area (Å²) in [6.45, 7) is 9.31. The predicted molar refractivity (Wildman–Crippen MR) is 88.8 cm³/mol. The van der Waals surface area contributed by atoms with E-state index in [-0.39, 0.29) is 18.3 Å². The summed E-state index contributed by atoms with van der Waals surface area (Å²) in [7, 11) is 0. The van der Waals surface area contributed by atoms with Gasteiger partial charge in [-0.2, -0.15) is 5.26 Å². The fourth-order valence-electron chi connectivity index (χ4n) is 2.60. The van der Waals surface area contributed by atoms with Crippen LogP contribution in [0.2, 0.25) is 0 Å². The van der Waals surface area contributed by atoms with Crippen LogP contribution >= 0.6 is 0 Å². The van der Waals surface area contributed by atoms with Crippen LogP contribution in [-0.2, 0) is 17.8 Å². The molecule has 0 radical (unpaired) electrons. The van der Waals surface area contributed by atoms with Crippen LogP contribution in [0.1, 0.15) is 58.2 Å². The Labute approximate surface area is 140 Å². The lowest BCUT2D eigenvalue weighted by Gasteiger charge is -2.27. The number of rotatable bonds is 4. The predicted octanol–water partition coefficient (Wildman–Crippen LogP) is 3.55. The molecule has 0 saturated carbocycles. The van der Waals surface area contributed by atoms with Gasteiger partial charge in [0.1, 0.15) is 21.9 Å². The molecule has 23 heavy (non-hydrogen) atoms. The number of nitrogens with one attached hydrogen (secondary N) is 1. The van der Waals surface area contributed by atoms with Crippen LogP contribution in [0.5, 0.6) is 5.75 Å². The van der Waals surface area contributed by atoms with Crippen molar-refractivity contribution in [2.45, 2.75) is 63.9 Å². The van der Waals surface area contributed by atoms with E-state index in [4.69, 9.17) is 10.00 Å². The van der Waals surface area contributed by atoms with E-state index in [1.54, 1.807) is 0 Å². The minimum Gasteiger partial charge on any atom is -0.598 e. The van der Waals surface area contributed by atoms with E-state index in [2.05, 4.69) is 10.8 Å². The number of fused-ring (bicyclic) bond motifs is 1. The van der Waals surface area contributed by atoms with Gasteiger partial charge in [0, 0.05) is 28.9 Å². The minimum absolute atomic E-state index is 0.235. The third-order valence-corrected chi connectivity index (χ3v) is 5.51. The molecule has 0 fully saturated rings. The van der Waals surface area contributed by atoms with E-state index in [1.165, 1.54) is 12.1 Å². The van der Waals surface area contributed by atoms with Gasteiger partial charge >= 0.3 is 0 Å². The van der Waals surface area contributed by atoms with Crippen LogP contribution in [-0.4, -0.2) is 14.9 Å². The maximum Gasteiger partial charge on any atom is 0.136 e. The van der Waals surface area contributed by atoms with Gasteiger partial charge in [0.15, 0.2) is 0 Å². The van der Waals surface area contributed by atoms with Crippen molar-refractivity contribution in [3.8, 4) is 11.8 Å². The quantitative estimate of drug-likeness (QED) is 0.853. The molecule has 1 heterocycles. The second kappa shape index (κ2) is 6.31. The van der Waals surface area contributed by atoms with E-state index in [9.17, 15) is 8.94 Å². The highest BCUT2D eigenvalue weighted by Gasteiger charge is 2.38. The summed E-state index contributed by atoms with van der Waals surface area (Å²) in [5.74, 6) is 0.258. The SMILES string of the molecule is CC(N[S+]([O-])C(C)(C)C)c1cc(F)cc2c1O[C@](C)(CC#N)C2. The van der Waals surface area contributed by atoms with Gasteiger partial charge in [-0.05, 0) is 46.8 Å². The van der Waals surface area contributed by atoms with Gasteiger partial charge in [-0.1, -0.05) is 0 Å². The van der Waals surface area contributed by atoms with Crippen molar-refractivity contribution < 1.29 is 13.7 Å². The summed E-state index contributed by atoms with van der Waals surface area (Å²) in [4.78, 5) is 0. The van der Waals surface area contributed by atoms with E-state index in [1.807, 2.05) is 34.6 Å². The van der Waals surface area contributed by atoms with Crippen molar-refractivity contribution >= 4 is 11.4 Å².